The molecule has 19 heavy (non-hydrogen) atoms. The molecule has 8 nitrogen and oxygen atoms in total. The van der Waals surface area contributed by atoms with E-state index in [1.54, 1.807) is 0 Å². The van der Waals surface area contributed by atoms with Crippen molar-refractivity contribution >= 4 is 24.3 Å². The Kier molecular flexibility index (Phi) is 20.7. The number of unbranched alkanes of at least 4 members (excludes halogenated alkanes) is 1. The predicted octanol–water partition coefficient (Wildman–Crippen LogP) is 0.486. The summed E-state index contributed by atoms with van der Waals surface area (Å²) in [6, 6.07) is 0. The maximum Gasteiger partial charge on any atom is 0.234 e. The molecule has 8 heteroatoms. The molecule has 0 aliphatic carbocycles. The van der Waals surface area contributed by atoms with Crippen LogP contribution in [0.3, 0.4) is 0 Å². The monoisotopic (exact) mass is 266 g/mol. The molecule has 0 heterocycles. The lowest BCUT2D eigenvalue weighted by Gasteiger charge is -1.87. The fourth-order valence-electron chi connectivity index (χ4n) is 0.793. The quantitative estimate of drug-likeness (QED) is 0.342. The van der Waals surface area contributed by atoms with Crippen molar-refractivity contribution in [1.29, 1.82) is 0 Å². The second-order valence-corrected chi connectivity index (χ2v) is 2.95. The van der Waals surface area contributed by atoms with Crippen LogP contribution in [0, 0.1) is 0 Å². The summed E-state index contributed by atoms with van der Waals surface area (Å²) < 4.78 is 0. The van der Waals surface area contributed by atoms with E-state index >= 15 is 0 Å². The summed E-state index contributed by atoms with van der Waals surface area (Å²) in [6.45, 7) is 1.71. The molecule has 0 saturated carbocycles. The summed E-state index contributed by atoms with van der Waals surface area (Å²) >= 11 is 0. The van der Waals surface area contributed by atoms with E-state index < -0.39 is 0 Å². The molecule has 102 valence electrons. The smallest absolute Gasteiger partial charge is 0.211 e. The molecule has 0 atom stereocenters. The Morgan fingerprint density at radius 3 is 1.00 bits per heavy atom. The fourth-order valence-corrected chi connectivity index (χ4v) is 0.793. The zero-order chi connectivity index (χ0) is 14.6. The Hall–Kier alpha value is -2.48. The summed E-state index contributed by atoms with van der Waals surface area (Å²) in [5.74, 6) is 0. The summed E-state index contributed by atoms with van der Waals surface area (Å²) in [6.07, 6.45) is 7.74. The zero-order valence-electron chi connectivity index (χ0n) is 10.4. The van der Waals surface area contributed by atoms with Gasteiger partial charge in [0.1, 0.15) is 0 Å². The van der Waals surface area contributed by atoms with Gasteiger partial charge in [-0.15, -0.1) is 0 Å². The number of hydrogen-bond donors (Lipinski definition) is 0. The minimum atomic E-state index is 0.384. The van der Waals surface area contributed by atoms with E-state index in [0.29, 0.717) is 32.6 Å². The molecular formula is C11H14N4O4. The largest absolute Gasteiger partial charge is 0.234 e. The van der Waals surface area contributed by atoms with Gasteiger partial charge in [0.05, 0.1) is 26.2 Å². The van der Waals surface area contributed by atoms with Gasteiger partial charge in [0.2, 0.25) is 24.3 Å². The number of aliphatic imine (C=N–C) groups is 4. The number of carbonyl (C=O) groups excluding carboxylic acids is 4. The third kappa shape index (κ3) is 25.6. The zero-order valence-corrected chi connectivity index (χ0v) is 10.4. The summed E-state index contributed by atoms with van der Waals surface area (Å²) in [5.41, 5.74) is 0. The van der Waals surface area contributed by atoms with Crippen molar-refractivity contribution in [2.75, 3.05) is 26.2 Å². The van der Waals surface area contributed by atoms with Crippen molar-refractivity contribution in [1.82, 2.24) is 0 Å². The minimum absolute atomic E-state index is 0.384. The molecule has 0 N–H and O–H groups in total. The number of nitrogens with zero attached hydrogens (tertiary/aromatic N) is 4. The van der Waals surface area contributed by atoms with E-state index in [2.05, 4.69) is 20.0 Å². The lowest BCUT2D eigenvalue weighted by molar-refractivity contribution is 0.559. The van der Waals surface area contributed by atoms with Gasteiger partial charge in [-0.25, -0.2) is 39.1 Å². The minimum Gasteiger partial charge on any atom is -0.211 e. The fraction of sp³-hybridized carbons (Fsp3) is 0.636. The summed E-state index contributed by atoms with van der Waals surface area (Å²) in [5, 5.41) is 0. The van der Waals surface area contributed by atoms with Gasteiger partial charge in [0, 0.05) is 0 Å². The first kappa shape index (κ1) is 18.9. The van der Waals surface area contributed by atoms with Gasteiger partial charge in [-0.2, -0.15) is 0 Å². The van der Waals surface area contributed by atoms with Crippen LogP contribution in [0.2, 0.25) is 0 Å². The average Bonchev–Trinajstić information content (AvgIpc) is 2.43. The molecule has 0 radical (unpaired) electrons. The Balaban J connectivity index is 0. The highest BCUT2D eigenvalue weighted by molar-refractivity contribution is 5.33. The van der Waals surface area contributed by atoms with Gasteiger partial charge < -0.3 is 0 Å². The van der Waals surface area contributed by atoms with Crippen LogP contribution >= 0.6 is 0 Å². The highest BCUT2D eigenvalue weighted by Crippen LogP contribution is 1.88. The average molecular weight is 266 g/mol. The van der Waals surface area contributed by atoms with Crippen LogP contribution in [-0.4, -0.2) is 50.5 Å². The normalized spacial score (nSPS) is 7.37. The highest BCUT2D eigenvalue weighted by atomic mass is 16.1. The second kappa shape index (κ2) is 20.9. The third-order valence-corrected chi connectivity index (χ3v) is 1.59. The van der Waals surface area contributed by atoms with Crippen molar-refractivity contribution in [3.8, 4) is 0 Å². The third-order valence-electron chi connectivity index (χ3n) is 1.59. The Bertz CT molecular complexity index is 361. The first-order valence-electron chi connectivity index (χ1n) is 5.48. The van der Waals surface area contributed by atoms with Crippen LogP contribution in [-0.2, 0) is 19.2 Å². The lowest BCUT2D eigenvalue weighted by Crippen LogP contribution is -1.84. The van der Waals surface area contributed by atoms with Crippen LogP contribution in [0.15, 0.2) is 20.0 Å². The number of isocyanates is 4. The summed E-state index contributed by atoms with van der Waals surface area (Å²) in [7, 11) is 0. The van der Waals surface area contributed by atoms with E-state index in [9.17, 15) is 19.2 Å². The Morgan fingerprint density at radius 1 is 0.474 bits per heavy atom. The van der Waals surface area contributed by atoms with Crippen molar-refractivity contribution in [3.63, 3.8) is 0 Å². The molecule has 0 aliphatic rings. The van der Waals surface area contributed by atoms with Crippen molar-refractivity contribution in [2.45, 2.75) is 19.3 Å². The van der Waals surface area contributed by atoms with E-state index in [1.807, 2.05) is 0 Å². The Morgan fingerprint density at radius 2 is 0.737 bits per heavy atom. The molecule has 0 spiro atoms. The molecule has 0 amide bonds. The molecule has 0 fully saturated rings. The van der Waals surface area contributed by atoms with E-state index in [1.165, 1.54) is 24.3 Å². The number of hydrogen-bond acceptors (Lipinski definition) is 8. The molecule has 0 rings (SSSR count). The molecule has 0 saturated heterocycles. The predicted molar refractivity (Wildman–Crippen MR) is 65.8 cm³/mol. The first-order chi connectivity index (χ1) is 9.33. The standard InChI is InChI=1S/C6H8N2O2.C5H6N2O2/c9-5-7-3-1-2-4-8-6-10;8-4-6-2-1-3-7-5-9/h1-4H2;1-3H2. The topological polar surface area (TPSA) is 118 Å². The van der Waals surface area contributed by atoms with Gasteiger partial charge in [0.15, 0.2) is 0 Å². The first-order valence-corrected chi connectivity index (χ1v) is 5.48. The molecule has 0 aromatic carbocycles. The van der Waals surface area contributed by atoms with Crippen molar-refractivity contribution < 1.29 is 19.2 Å². The number of rotatable bonds is 9. The van der Waals surface area contributed by atoms with Gasteiger partial charge in [-0.3, -0.25) is 0 Å². The van der Waals surface area contributed by atoms with Crippen LogP contribution in [0.5, 0.6) is 0 Å². The van der Waals surface area contributed by atoms with Crippen LogP contribution in [0.25, 0.3) is 0 Å². The van der Waals surface area contributed by atoms with Crippen LogP contribution in [0.4, 0.5) is 0 Å². The van der Waals surface area contributed by atoms with Crippen LogP contribution < -0.4 is 0 Å². The molecule has 0 aromatic rings. The van der Waals surface area contributed by atoms with E-state index in [-0.39, 0.29) is 0 Å². The highest BCUT2D eigenvalue weighted by Gasteiger charge is 1.83. The maximum absolute atomic E-state index is 9.52. The van der Waals surface area contributed by atoms with E-state index in [4.69, 9.17) is 0 Å². The van der Waals surface area contributed by atoms with Crippen LogP contribution in [0.1, 0.15) is 19.3 Å². The van der Waals surface area contributed by atoms with E-state index in [0.717, 1.165) is 12.8 Å². The molecule has 0 bridgehead atoms. The second-order valence-electron chi connectivity index (χ2n) is 2.95. The van der Waals surface area contributed by atoms with Crippen molar-refractivity contribution in [3.05, 3.63) is 0 Å². The van der Waals surface area contributed by atoms with Crippen molar-refractivity contribution in [2.24, 2.45) is 20.0 Å². The molecular weight excluding hydrogens is 252 g/mol. The lowest BCUT2D eigenvalue weighted by atomic mass is 10.3. The molecule has 0 aromatic heterocycles. The van der Waals surface area contributed by atoms with Gasteiger partial charge in [0.25, 0.3) is 0 Å². The maximum atomic E-state index is 9.52. The summed E-state index contributed by atoms with van der Waals surface area (Å²) in [4.78, 5) is 51.1. The van der Waals surface area contributed by atoms with Gasteiger partial charge in [-0.1, -0.05) is 0 Å². The SMILES string of the molecule is O=C=NCCCCN=C=O.O=C=NCCCN=C=O. The Labute approximate surface area is 110 Å². The molecule has 0 aliphatic heterocycles. The van der Waals surface area contributed by atoms with Gasteiger partial charge in [-0.05, 0) is 19.3 Å². The molecule has 0 unspecified atom stereocenters. The van der Waals surface area contributed by atoms with Gasteiger partial charge >= 0.3 is 0 Å².